The fourth-order valence-corrected chi connectivity index (χ4v) is 4.97. The lowest BCUT2D eigenvalue weighted by Gasteiger charge is -2.15. The van der Waals surface area contributed by atoms with E-state index in [-0.39, 0.29) is 11.3 Å². The van der Waals surface area contributed by atoms with Crippen LogP contribution in [0, 0.1) is 11.3 Å². The van der Waals surface area contributed by atoms with Crippen LogP contribution in [-0.4, -0.2) is 36.7 Å². The Kier molecular flexibility index (Phi) is 4.30. The summed E-state index contributed by atoms with van der Waals surface area (Å²) >= 11 is 1.19. The van der Waals surface area contributed by atoms with E-state index in [2.05, 4.69) is 10.3 Å². The van der Waals surface area contributed by atoms with E-state index >= 15 is 0 Å². The number of rotatable bonds is 4. The Bertz CT molecular complexity index is 892. The minimum atomic E-state index is -3.47. The second-order valence-electron chi connectivity index (χ2n) is 5.14. The number of anilines is 1. The Balaban J connectivity index is 1.90. The second-order valence-corrected chi connectivity index (χ2v) is 8.11. The maximum absolute atomic E-state index is 12.6. The summed E-state index contributed by atoms with van der Waals surface area (Å²) in [5, 5.41) is 11.4. The van der Waals surface area contributed by atoms with E-state index in [1.54, 1.807) is 18.2 Å². The molecule has 0 bridgehead atoms. The van der Waals surface area contributed by atoms with Crippen LogP contribution in [0.4, 0.5) is 5.13 Å². The first-order valence-electron chi connectivity index (χ1n) is 7.08. The highest BCUT2D eigenvalue weighted by Crippen LogP contribution is 2.30. The molecule has 1 aliphatic rings. The summed E-state index contributed by atoms with van der Waals surface area (Å²) in [6, 6.07) is 6.52. The van der Waals surface area contributed by atoms with Crippen molar-refractivity contribution >= 4 is 42.6 Å². The van der Waals surface area contributed by atoms with Crippen LogP contribution < -0.4 is 5.32 Å². The fourth-order valence-electron chi connectivity index (χ4n) is 2.43. The Hall–Kier alpha value is -2.02. The molecule has 23 heavy (non-hydrogen) atoms. The van der Waals surface area contributed by atoms with Gasteiger partial charge in [0.1, 0.15) is 6.42 Å². The zero-order chi connectivity index (χ0) is 16.4. The van der Waals surface area contributed by atoms with Crippen molar-refractivity contribution in [3.8, 4) is 6.07 Å². The van der Waals surface area contributed by atoms with Crippen LogP contribution in [0.5, 0.6) is 0 Å². The van der Waals surface area contributed by atoms with E-state index in [1.807, 2.05) is 0 Å². The minimum Gasteiger partial charge on any atom is -0.301 e. The van der Waals surface area contributed by atoms with Gasteiger partial charge in [0, 0.05) is 13.1 Å². The van der Waals surface area contributed by atoms with Gasteiger partial charge in [0.05, 0.1) is 21.2 Å². The number of amides is 1. The molecule has 1 aromatic heterocycles. The molecular formula is C14H14N4O3S2. The number of hydrogen-bond acceptors (Lipinski definition) is 6. The molecule has 1 fully saturated rings. The molecule has 1 N–H and O–H groups in total. The van der Waals surface area contributed by atoms with Crippen LogP contribution in [0.15, 0.2) is 23.1 Å². The highest BCUT2D eigenvalue weighted by Gasteiger charge is 2.27. The van der Waals surface area contributed by atoms with Gasteiger partial charge < -0.3 is 5.32 Å². The Morgan fingerprint density at radius 2 is 2.13 bits per heavy atom. The Labute approximate surface area is 137 Å². The third-order valence-corrected chi connectivity index (χ3v) is 6.38. The fraction of sp³-hybridized carbons (Fsp3) is 0.357. The number of sulfonamides is 1. The highest BCUT2D eigenvalue weighted by molar-refractivity contribution is 7.89. The molecule has 0 spiro atoms. The lowest BCUT2D eigenvalue weighted by atomic mass is 10.3. The van der Waals surface area contributed by atoms with Crippen LogP contribution in [0.25, 0.3) is 10.2 Å². The van der Waals surface area contributed by atoms with Crippen molar-refractivity contribution in [1.82, 2.24) is 9.29 Å². The van der Waals surface area contributed by atoms with Crippen molar-refractivity contribution in [2.75, 3.05) is 18.4 Å². The SMILES string of the molecule is N#CCC(=O)Nc1nc2ccc(S(=O)(=O)N3CCCC3)cc2s1. The number of nitrogens with one attached hydrogen (secondary N) is 1. The third kappa shape index (κ3) is 3.19. The number of fused-ring (bicyclic) bond motifs is 1. The lowest BCUT2D eigenvalue weighted by molar-refractivity contribution is -0.115. The third-order valence-electron chi connectivity index (χ3n) is 3.55. The molecule has 0 radical (unpaired) electrons. The van der Waals surface area contributed by atoms with Crippen molar-refractivity contribution in [2.45, 2.75) is 24.2 Å². The van der Waals surface area contributed by atoms with Crippen molar-refractivity contribution in [3.05, 3.63) is 18.2 Å². The largest absolute Gasteiger partial charge is 0.301 e. The summed E-state index contributed by atoms with van der Waals surface area (Å²) in [6.07, 6.45) is 1.53. The van der Waals surface area contributed by atoms with Crippen LogP contribution >= 0.6 is 11.3 Å². The molecule has 3 rings (SSSR count). The van der Waals surface area contributed by atoms with Crippen LogP contribution in [-0.2, 0) is 14.8 Å². The maximum atomic E-state index is 12.6. The second kappa shape index (κ2) is 6.23. The number of thiazole rings is 1. The average molecular weight is 350 g/mol. The summed E-state index contributed by atoms with van der Waals surface area (Å²) in [6.45, 7) is 1.11. The molecule has 9 heteroatoms. The van der Waals surface area contributed by atoms with Gasteiger partial charge in [-0.25, -0.2) is 13.4 Å². The smallest absolute Gasteiger partial charge is 0.243 e. The first kappa shape index (κ1) is 15.9. The van der Waals surface area contributed by atoms with Crippen molar-refractivity contribution in [3.63, 3.8) is 0 Å². The maximum Gasteiger partial charge on any atom is 0.243 e. The summed E-state index contributed by atoms with van der Waals surface area (Å²) in [5.74, 6) is -0.434. The monoisotopic (exact) mass is 350 g/mol. The predicted octanol–water partition coefficient (Wildman–Crippen LogP) is 1.93. The van der Waals surface area contributed by atoms with Gasteiger partial charge >= 0.3 is 0 Å². The molecule has 1 aliphatic heterocycles. The molecule has 0 atom stereocenters. The van der Waals surface area contributed by atoms with E-state index in [4.69, 9.17) is 5.26 Å². The molecule has 1 saturated heterocycles. The normalized spacial score (nSPS) is 15.6. The molecule has 2 aromatic rings. The molecule has 0 unspecified atom stereocenters. The van der Waals surface area contributed by atoms with Crippen molar-refractivity contribution in [2.24, 2.45) is 0 Å². The quantitative estimate of drug-likeness (QED) is 0.907. The van der Waals surface area contributed by atoms with E-state index in [9.17, 15) is 13.2 Å². The van der Waals surface area contributed by atoms with E-state index in [1.165, 1.54) is 21.7 Å². The molecule has 0 aliphatic carbocycles. The summed E-state index contributed by atoms with van der Waals surface area (Å²) in [4.78, 5) is 15.9. The lowest BCUT2D eigenvalue weighted by Crippen LogP contribution is -2.27. The van der Waals surface area contributed by atoms with Gasteiger partial charge in [-0.15, -0.1) is 0 Å². The van der Waals surface area contributed by atoms with Crippen molar-refractivity contribution < 1.29 is 13.2 Å². The molecule has 120 valence electrons. The number of hydrogen-bond donors (Lipinski definition) is 1. The van der Waals surface area contributed by atoms with E-state index in [0.717, 1.165) is 12.8 Å². The number of aromatic nitrogens is 1. The number of carbonyl (C=O) groups excluding carboxylic acids is 1. The first-order valence-corrected chi connectivity index (χ1v) is 9.34. The summed E-state index contributed by atoms with van der Waals surface area (Å²) in [7, 11) is -3.47. The highest BCUT2D eigenvalue weighted by atomic mass is 32.2. The van der Waals surface area contributed by atoms with Crippen LogP contribution in [0.2, 0.25) is 0 Å². The zero-order valence-corrected chi connectivity index (χ0v) is 13.8. The van der Waals surface area contributed by atoms with Gasteiger partial charge in [0.2, 0.25) is 15.9 Å². The first-order chi connectivity index (χ1) is 11.0. The number of carbonyl (C=O) groups is 1. The molecule has 1 aromatic carbocycles. The zero-order valence-electron chi connectivity index (χ0n) is 12.2. The Morgan fingerprint density at radius 1 is 1.39 bits per heavy atom. The van der Waals surface area contributed by atoms with E-state index < -0.39 is 15.9 Å². The molecule has 0 saturated carbocycles. The summed E-state index contributed by atoms with van der Waals surface area (Å²) < 4.78 is 27.3. The van der Waals surface area contributed by atoms with Gasteiger partial charge in [0.25, 0.3) is 0 Å². The molecule has 2 heterocycles. The standard InChI is InChI=1S/C14H14N4O3S2/c15-6-5-13(19)17-14-16-11-4-3-10(9-12(11)22-14)23(20,21)18-7-1-2-8-18/h3-4,9H,1-2,5,7-8H2,(H,16,17,19). The molecule has 7 nitrogen and oxygen atoms in total. The topological polar surface area (TPSA) is 103 Å². The van der Waals surface area contributed by atoms with Crippen LogP contribution in [0.3, 0.4) is 0 Å². The predicted molar refractivity (Wildman–Crippen MR) is 86.5 cm³/mol. The van der Waals surface area contributed by atoms with Crippen LogP contribution in [0.1, 0.15) is 19.3 Å². The van der Waals surface area contributed by atoms with Crippen molar-refractivity contribution in [1.29, 1.82) is 5.26 Å². The Morgan fingerprint density at radius 3 is 2.83 bits per heavy atom. The van der Waals surface area contributed by atoms with Gasteiger partial charge in [-0.05, 0) is 31.0 Å². The molecular weight excluding hydrogens is 336 g/mol. The van der Waals surface area contributed by atoms with Gasteiger partial charge in [0.15, 0.2) is 5.13 Å². The summed E-state index contributed by atoms with van der Waals surface area (Å²) in [5.41, 5.74) is 0.614. The minimum absolute atomic E-state index is 0.241. The number of nitrogens with zero attached hydrogens (tertiary/aromatic N) is 3. The van der Waals surface area contributed by atoms with E-state index in [0.29, 0.717) is 28.4 Å². The van der Waals surface area contributed by atoms with Gasteiger partial charge in [-0.1, -0.05) is 11.3 Å². The number of benzene rings is 1. The number of nitriles is 1. The average Bonchev–Trinajstić information content (AvgIpc) is 3.15. The van der Waals surface area contributed by atoms with Gasteiger partial charge in [-0.2, -0.15) is 9.57 Å². The molecule has 1 amide bonds. The van der Waals surface area contributed by atoms with Gasteiger partial charge in [-0.3, -0.25) is 4.79 Å².